The van der Waals surface area contributed by atoms with E-state index in [1.807, 2.05) is 59.5 Å². The average Bonchev–Trinajstić information content (AvgIpc) is 2.80. The van der Waals surface area contributed by atoms with Gasteiger partial charge in [-0.25, -0.2) is 0 Å². The predicted molar refractivity (Wildman–Crippen MR) is 112 cm³/mol. The number of ether oxygens (including phenoxy) is 1. The Kier molecular flexibility index (Phi) is 6.10. The Balaban J connectivity index is 1.39. The Labute approximate surface area is 171 Å². The number of anilines is 1. The normalized spacial score (nSPS) is 17.8. The van der Waals surface area contributed by atoms with Gasteiger partial charge in [0.05, 0.1) is 18.8 Å². The molecule has 2 aromatic rings. The van der Waals surface area contributed by atoms with Gasteiger partial charge in [-0.15, -0.1) is 0 Å². The Hall–Kier alpha value is -2.86. The van der Waals surface area contributed by atoms with Crippen molar-refractivity contribution < 1.29 is 14.3 Å². The fourth-order valence-electron chi connectivity index (χ4n) is 3.99. The Morgan fingerprint density at radius 2 is 1.52 bits per heavy atom. The van der Waals surface area contributed by atoms with E-state index in [0.29, 0.717) is 31.9 Å². The molecule has 6 heteroatoms. The summed E-state index contributed by atoms with van der Waals surface area (Å²) in [6, 6.07) is 17.3. The molecule has 0 saturated carbocycles. The minimum atomic E-state index is -0.0213. The van der Waals surface area contributed by atoms with Crippen molar-refractivity contribution >= 4 is 17.5 Å². The molecule has 0 atom stereocenters. The number of nitrogens with one attached hydrogen (secondary N) is 1. The van der Waals surface area contributed by atoms with Crippen molar-refractivity contribution in [3.8, 4) is 0 Å². The van der Waals surface area contributed by atoms with Crippen LogP contribution in [0.1, 0.15) is 33.6 Å². The maximum atomic E-state index is 13.0. The number of carbonyl (C=O) groups excluding carboxylic acids is 2. The van der Waals surface area contributed by atoms with E-state index < -0.39 is 0 Å². The van der Waals surface area contributed by atoms with Gasteiger partial charge in [0.25, 0.3) is 11.8 Å². The Morgan fingerprint density at radius 3 is 2.24 bits per heavy atom. The lowest BCUT2D eigenvalue weighted by molar-refractivity contribution is 0.0303. The van der Waals surface area contributed by atoms with Crippen molar-refractivity contribution in [2.45, 2.75) is 18.9 Å². The summed E-state index contributed by atoms with van der Waals surface area (Å²) in [7, 11) is 0. The van der Waals surface area contributed by atoms with E-state index in [4.69, 9.17) is 4.74 Å². The maximum Gasteiger partial charge on any atom is 0.256 e. The molecule has 152 valence electrons. The van der Waals surface area contributed by atoms with Crippen LogP contribution in [0.3, 0.4) is 0 Å². The van der Waals surface area contributed by atoms with Crippen molar-refractivity contribution in [3.63, 3.8) is 0 Å². The van der Waals surface area contributed by atoms with Crippen molar-refractivity contribution in [1.29, 1.82) is 0 Å². The molecule has 2 fully saturated rings. The molecule has 0 unspecified atom stereocenters. The lowest BCUT2D eigenvalue weighted by Gasteiger charge is -2.35. The van der Waals surface area contributed by atoms with E-state index in [0.717, 1.165) is 37.2 Å². The van der Waals surface area contributed by atoms with Gasteiger partial charge in [0.2, 0.25) is 0 Å². The number of rotatable bonds is 4. The van der Waals surface area contributed by atoms with Gasteiger partial charge in [0.1, 0.15) is 0 Å². The van der Waals surface area contributed by atoms with Crippen LogP contribution < -0.4 is 10.2 Å². The quantitative estimate of drug-likeness (QED) is 0.867. The first-order chi connectivity index (χ1) is 14.2. The largest absolute Gasteiger partial charge is 0.378 e. The van der Waals surface area contributed by atoms with Gasteiger partial charge in [-0.3, -0.25) is 9.59 Å². The van der Waals surface area contributed by atoms with Gasteiger partial charge in [0.15, 0.2) is 0 Å². The van der Waals surface area contributed by atoms with Gasteiger partial charge >= 0.3 is 0 Å². The van der Waals surface area contributed by atoms with E-state index in [1.165, 1.54) is 0 Å². The maximum absolute atomic E-state index is 13.0. The van der Waals surface area contributed by atoms with E-state index >= 15 is 0 Å². The van der Waals surface area contributed by atoms with Gasteiger partial charge in [-0.2, -0.15) is 0 Å². The van der Waals surface area contributed by atoms with Crippen molar-refractivity contribution in [2.75, 3.05) is 44.3 Å². The average molecular weight is 393 g/mol. The first-order valence-electron chi connectivity index (χ1n) is 10.3. The summed E-state index contributed by atoms with van der Waals surface area (Å²) in [6.07, 6.45) is 1.72. The first kappa shape index (κ1) is 19.5. The number of hydrogen-bond acceptors (Lipinski definition) is 4. The van der Waals surface area contributed by atoms with Crippen LogP contribution in [0, 0.1) is 0 Å². The third-order valence-electron chi connectivity index (χ3n) is 5.64. The highest BCUT2D eigenvalue weighted by atomic mass is 16.5. The monoisotopic (exact) mass is 393 g/mol. The molecule has 2 aliphatic rings. The van der Waals surface area contributed by atoms with Gasteiger partial charge in [-0.05, 0) is 37.1 Å². The number of amides is 2. The molecule has 2 aromatic carbocycles. The molecular formula is C23H27N3O3. The number of morpholine rings is 1. The van der Waals surface area contributed by atoms with Crippen LogP contribution in [0.25, 0.3) is 0 Å². The van der Waals surface area contributed by atoms with Gasteiger partial charge in [0, 0.05) is 43.5 Å². The molecule has 0 radical (unpaired) electrons. The van der Waals surface area contributed by atoms with Crippen molar-refractivity contribution in [3.05, 3.63) is 65.7 Å². The summed E-state index contributed by atoms with van der Waals surface area (Å²) in [5, 5.41) is 3.14. The number of carbonyl (C=O) groups is 2. The highest BCUT2D eigenvalue weighted by molar-refractivity contribution is 6.00. The zero-order valence-electron chi connectivity index (χ0n) is 16.5. The highest BCUT2D eigenvalue weighted by Gasteiger charge is 2.26. The molecule has 0 bridgehead atoms. The molecule has 2 saturated heterocycles. The number of benzene rings is 2. The van der Waals surface area contributed by atoms with E-state index in [9.17, 15) is 9.59 Å². The SMILES string of the molecule is O=C(NC1CCN(c2ccccc2C(=O)N2CCOCC2)CC1)c1ccccc1. The third-order valence-corrected chi connectivity index (χ3v) is 5.64. The van der Waals surface area contributed by atoms with Crippen LogP contribution in [0.4, 0.5) is 5.69 Å². The summed E-state index contributed by atoms with van der Waals surface area (Å²) < 4.78 is 5.37. The van der Waals surface area contributed by atoms with Gasteiger partial charge in [-0.1, -0.05) is 30.3 Å². The molecule has 0 aliphatic carbocycles. The first-order valence-corrected chi connectivity index (χ1v) is 10.3. The topological polar surface area (TPSA) is 61.9 Å². The second-order valence-electron chi connectivity index (χ2n) is 7.52. The number of para-hydroxylation sites is 1. The van der Waals surface area contributed by atoms with Crippen LogP contribution in [-0.4, -0.2) is 62.1 Å². The lowest BCUT2D eigenvalue weighted by atomic mass is 10.0. The summed E-state index contributed by atoms with van der Waals surface area (Å²) >= 11 is 0. The summed E-state index contributed by atoms with van der Waals surface area (Å²) in [4.78, 5) is 29.5. The molecule has 2 amide bonds. The fourth-order valence-corrected chi connectivity index (χ4v) is 3.99. The highest BCUT2D eigenvalue weighted by Crippen LogP contribution is 2.26. The van der Waals surface area contributed by atoms with E-state index in [2.05, 4.69) is 10.2 Å². The van der Waals surface area contributed by atoms with Crippen LogP contribution in [0.5, 0.6) is 0 Å². The minimum Gasteiger partial charge on any atom is -0.378 e. The second kappa shape index (κ2) is 9.09. The summed E-state index contributed by atoms with van der Waals surface area (Å²) in [5.74, 6) is 0.0512. The Morgan fingerprint density at radius 1 is 0.862 bits per heavy atom. The molecule has 1 N–H and O–H groups in total. The Bertz CT molecular complexity index is 841. The number of piperidine rings is 1. The standard InChI is InChI=1S/C23H27N3O3/c27-22(18-6-2-1-3-7-18)24-19-10-12-25(13-11-19)21-9-5-4-8-20(21)23(28)26-14-16-29-17-15-26/h1-9,19H,10-17H2,(H,24,27). The fraction of sp³-hybridized carbons (Fsp3) is 0.391. The molecular weight excluding hydrogens is 366 g/mol. The van der Waals surface area contributed by atoms with E-state index in [1.54, 1.807) is 0 Å². The van der Waals surface area contributed by atoms with Crippen molar-refractivity contribution in [1.82, 2.24) is 10.2 Å². The van der Waals surface area contributed by atoms with Crippen molar-refractivity contribution in [2.24, 2.45) is 0 Å². The minimum absolute atomic E-state index is 0.0213. The zero-order chi connectivity index (χ0) is 20.1. The van der Waals surface area contributed by atoms with Gasteiger partial charge < -0.3 is 19.9 Å². The molecule has 0 aromatic heterocycles. The molecule has 29 heavy (non-hydrogen) atoms. The van der Waals surface area contributed by atoms with Crippen LogP contribution in [-0.2, 0) is 4.74 Å². The summed E-state index contributed by atoms with van der Waals surface area (Å²) in [5.41, 5.74) is 2.43. The second-order valence-corrected chi connectivity index (χ2v) is 7.52. The molecule has 0 spiro atoms. The summed E-state index contributed by atoms with van der Waals surface area (Å²) in [6.45, 7) is 4.10. The van der Waals surface area contributed by atoms with E-state index in [-0.39, 0.29) is 17.9 Å². The smallest absolute Gasteiger partial charge is 0.256 e. The van der Waals surface area contributed by atoms with Crippen LogP contribution >= 0.6 is 0 Å². The third kappa shape index (κ3) is 4.59. The predicted octanol–water partition coefficient (Wildman–Crippen LogP) is 2.56. The zero-order valence-corrected chi connectivity index (χ0v) is 16.5. The van der Waals surface area contributed by atoms with Crippen LogP contribution in [0.15, 0.2) is 54.6 Å². The number of hydrogen-bond donors (Lipinski definition) is 1. The molecule has 2 heterocycles. The molecule has 6 nitrogen and oxygen atoms in total. The van der Waals surface area contributed by atoms with Crippen LogP contribution in [0.2, 0.25) is 0 Å². The molecule has 2 aliphatic heterocycles. The molecule has 4 rings (SSSR count). The number of nitrogens with zero attached hydrogens (tertiary/aromatic N) is 2. The lowest BCUT2D eigenvalue weighted by Crippen LogP contribution is -2.45.